The summed E-state index contributed by atoms with van der Waals surface area (Å²) in [6, 6.07) is 8.73. The zero-order chi connectivity index (χ0) is 17.5. The lowest BCUT2D eigenvalue weighted by Crippen LogP contribution is -2.46. The van der Waals surface area contributed by atoms with E-state index in [0.29, 0.717) is 12.5 Å². The van der Waals surface area contributed by atoms with Gasteiger partial charge in [0.1, 0.15) is 0 Å². The molecule has 0 radical (unpaired) electrons. The molecule has 2 saturated heterocycles. The lowest BCUT2D eigenvalue weighted by atomic mass is 9.95. The Morgan fingerprint density at radius 3 is 2.68 bits per heavy atom. The Hall–Kier alpha value is -1.65. The number of morpholine rings is 1. The van der Waals surface area contributed by atoms with Crippen LogP contribution < -0.4 is 0 Å². The molecule has 0 spiro atoms. The second-order valence-electron chi connectivity index (χ2n) is 7.06. The molecule has 1 aromatic carbocycles. The fourth-order valence-corrected chi connectivity index (χ4v) is 3.56. The summed E-state index contributed by atoms with van der Waals surface area (Å²) in [6.07, 6.45) is 7.79. The monoisotopic (exact) mass is 342 g/mol. The Morgan fingerprint density at radius 1 is 1.20 bits per heavy atom. The first-order chi connectivity index (χ1) is 12.2. The highest BCUT2D eigenvalue weighted by Crippen LogP contribution is 2.20. The molecule has 2 aliphatic heterocycles. The van der Waals surface area contributed by atoms with Crippen LogP contribution in [0.4, 0.5) is 0 Å². The first-order valence-corrected chi connectivity index (χ1v) is 9.59. The number of rotatable bonds is 5. The van der Waals surface area contributed by atoms with E-state index >= 15 is 0 Å². The summed E-state index contributed by atoms with van der Waals surface area (Å²) in [7, 11) is 0. The summed E-state index contributed by atoms with van der Waals surface area (Å²) in [5.41, 5.74) is 2.66. The van der Waals surface area contributed by atoms with Crippen LogP contribution in [0.1, 0.15) is 30.9 Å². The van der Waals surface area contributed by atoms with Crippen molar-refractivity contribution in [2.24, 2.45) is 5.92 Å². The van der Waals surface area contributed by atoms with Crippen LogP contribution in [0, 0.1) is 5.92 Å². The minimum atomic E-state index is 0.278. The molecule has 0 aromatic heterocycles. The molecule has 2 heterocycles. The quantitative estimate of drug-likeness (QED) is 0.825. The number of hydrogen-bond acceptors (Lipinski definition) is 3. The van der Waals surface area contributed by atoms with E-state index < -0.39 is 0 Å². The number of carbonyl (C=O) groups excluding carboxylic acids is 1. The van der Waals surface area contributed by atoms with Crippen LogP contribution in [0.2, 0.25) is 0 Å². The minimum Gasteiger partial charge on any atom is -0.379 e. The Bertz CT molecular complexity index is 585. The first-order valence-electron chi connectivity index (χ1n) is 9.59. The Morgan fingerprint density at radius 2 is 1.96 bits per heavy atom. The van der Waals surface area contributed by atoms with Gasteiger partial charge >= 0.3 is 0 Å². The van der Waals surface area contributed by atoms with Gasteiger partial charge in [-0.1, -0.05) is 43.3 Å². The Kier molecular flexibility index (Phi) is 6.65. The Balaban J connectivity index is 1.44. The third-order valence-corrected chi connectivity index (χ3v) is 5.28. The van der Waals surface area contributed by atoms with Gasteiger partial charge < -0.3 is 9.64 Å². The number of likely N-dealkylation sites (tertiary alicyclic amines) is 1. The molecule has 3 rings (SSSR count). The summed E-state index contributed by atoms with van der Waals surface area (Å²) in [4.78, 5) is 16.7. The maximum atomic E-state index is 12.4. The highest BCUT2D eigenvalue weighted by molar-refractivity contribution is 5.78. The van der Waals surface area contributed by atoms with E-state index in [1.165, 1.54) is 11.1 Å². The Labute approximate surface area is 151 Å². The van der Waals surface area contributed by atoms with Crippen LogP contribution in [-0.4, -0.2) is 61.6 Å². The SMILES string of the molecule is CCc1cccc(/C=C/C2CCN(C(=O)CN3CCOCC3)CC2)c1. The molecule has 0 unspecified atom stereocenters. The van der Waals surface area contributed by atoms with Crippen molar-refractivity contribution in [2.45, 2.75) is 26.2 Å². The number of benzene rings is 1. The molecule has 1 aromatic rings. The molecule has 136 valence electrons. The van der Waals surface area contributed by atoms with Gasteiger partial charge in [0, 0.05) is 26.2 Å². The summed E-state index contributed by atoms with van der Waals surface area (Å²) < 4.78 is 5.34. The van der Waals surface area contributed by atoms with Gasteiger partial charge in [0.05, 0.1) is 19.8 Å². The van der Waals surface area contributed by atoms with Crippen molar-refractivity contribution in [3.8, 4) is 0 Å². The second kappa shape index (κ2) is 9.16. The standard InChI is InChI=1S/C21H30N2O2/c1-2-18-4-3-5-20(16-18)7-6-19-8-10-23(11-9-19)21(24)17-22-12-14-25-15-13-22/h3-7,16,19H,2,8-15,17H2,1H3/b7-6+. The first kappa shape index (κ1) is 18.2. The zero-order valence-electron chi connectivity index (χ0n) is 15.3. The third kappa shape index (κ3) is 5.41. The fraction of sp³-hybridized carbons (Fsp3) is 0.571. The van der Waals surface area contributed by atoms with E-state index in [2.05, 4.69) is 48.2 Å². The highest BCUT2D eigenvalue weighted by atomic mass is 16.5. The van der Waals surface area contributed by atoms with Gasteiger partial charge in [-0.05, 0) is 36.3 Å². The molecule has 0 atom stereocenters. The van der Waals surface area contributed by atoms with Crippen LogP contribution in [0.5, 0.6) is 0 Å². The maximum Gasteiger partial charge on any atom is 0.236 e. The number of hydrogen-bond donors (Lipinski definition) is 0. The van der Waals surface area contributed by atoms with Gasteiger partial charge in [0.15, 0.2) is 0 Å². The van der Waals surface area contributed by atoms with E-state index in [0.717, 1.165) is 58.7 Å². The molecule has 0 N–H and O–H groups in total. The molecule has 1 amide bonds. The number of nitrogens with zero attached hydrogens (tertiary/aromatic N) is 2. The van der Waals surface area contributed by atoms with Gasteiger partial charge in [-0.25, -0.2) is 0 Å². The summed E-state index contributed by atoms with van der Waals surface area (Å²) in [5.74, 6) is 0.859. The average molecular weight is 342 g/mol. The molecule has 4 nitrogen and oxygen atoms in total. The van der Waals surface area contributed by atoms with Crippen molar-refractivity contribution in [2.75, 3.05) is 45.9 Å². The van der Waals surface area contributed by atoms with Gasteiger partial charge in [-0.15, -0.1) is 0 Å². The van der Waals surface area contributed by atoms with Crippen molar-refractivity contribution in [1.29, 1.82) is 0 Å². The van der Waals surface area contributed by atoms with E-state index in [-0.39, 0.29) is 5.91 Å². The van der Waals surface area contributed by atoms with Gasteiger partial charge in [-0.3, -0.25) is 9.69 Å². The van der Waals surface area contributed by atoms with Crippen molar-refractivity contribution in [3.05, 3.63) is 41.5 Å². The highest BCUT2D eigenvalue weighted by Gasteiger charge is 2.23. The molecule has 0 bridgehead atoms. The second-order valence-corrected chi connectivity index (χ2v) is 7.06. The van der Waals surface area contributed by atoms with Crippen molar-refractivity contribution < 1.29 is 9.53 Å². The van der Waals surface area contributed by atoms with Crippen LogP contribution in [0.25, 0.3) is 6.08 Å². The van der Waals surface area contributed by atoms with E-state index in [9.17, 15) is 4.79 Å². The normalized spacial score (nSPS) is 20.3. The summed E-state index contributed by atoms with van der Waals surface area (Å²) >= 11 is 0. The molecule has 0 aliphatic carbocycles. The molecule has 4 heteroatoms. The molecular formula is C21H30N2O2. The van der Waals surface area contributed by atoms with Crippen LogP contribution in [-0.2, 0) is 16.0 Å². The van der Waals surface area contributed by atoms with E-state index in [4.69, 9.17) is 4.74 Å². The number of piperidine rings is 1. The number of allylic oxidation sites excluding steroid dienone is 1. The molecule has 0 saturated carbocycles. The van der Waals surface area contributed by atoms with Gasteiger partial charge in [0.25, 0.3) is 0 Å². The largest absolute Gasteiger partial charge is 0.379 e. The van der Waals surface area contributed by atoms with E-state index in [1.807, 2.05) is 4.90 Å². The summed E-state index contributed by atoms with van der Waals surface area (Å²) in [5, 5.41) is 0. The van der Waals surface area contributed by atoms with Crippen LogP contribution >= 0.6 is 0 Å². The van der Waals surface area contributed by atoms with Crippen molar-refractivity contribution in [3.63, 3.8) is 0 Å². The molecular weight excluding hydrogens is 312 g/mol. The van der Waals surface area contributed by atoms with Crippen molar-refractivity contribution in [1.82, 2.24) is 9.80 Å². The molecule has 25 heavy (non-hydrogen) atoms. The van der Waals surface area contributed by atoms with E-state index in [1.54, 1.807) is 0 Å². The summed E-state index contributed by atoms with van der Waals surface area (Å²) in [6.45, 7) is 7.75. The lowest BCUT2D eigenvalue weighted by molar-refractivity contribution is -0.134. The maximum absolute atomic E-state index is 12.4. The number of amides is 1. The predicted molar refractivity (Wildman–Crippen MR) is 101 cm³/mol. The fourth-order valence-electron chi connectivity index (χ4n) is 3.56. The number of ether oxygens (including phenoxy) is 1. The van der Waals surface area contributed by atoms with Gasteiger partial charge in [0.2, 0.25) is 5.91 Å². The predicted octanol–water partition coefficient (Wildman–Crippen LogP) is 2.83. The van der Waals surface area contributed by atoms with Crippen molar-refractivity contribution >= 4 is 12.0 Å². The minimum absolute atomic E-state index is 0.278. The van der Waals surface area contributed by atoms with Crippen LogP contribution in [0.3, 0.4) is 0 Å². The third-order valence-electron chi connectivity index (χ3n) is 5.28. The number of carbonyl (C=O) groups is 1. The molecule has 2 fully saturated rings. The molecule has 2 aliphatic rings. The lowest BCUT2D eigenvalue weighted by Gasteiger charge is -2.33. The van der Waals surface area contributed by atoms with Gasteiger partial charge in [-0.2, -0.15) is 0 Å². The van der Waals surface area contributed by atoms with Crippen LogP contribution in [0.15, 0.2) is 30.3 Å². The smallest absolute Gasteiger partial charge is 0.236 e. The zero-order valence-corrected chi connectivity index (χ0v) is 15.3. The topological polar surface area (TPSA) is 32.8 Å². The number of aryl methyl sites for hydroxylation is 1. The average Bonchev–Trinajstić information content (AvgIpc) is 2.67.